The maximum atomic E-state index is 14.9. The summed E-state index contributed by atoms with van der Waals surface area (Å²) < 4.78 is 96.2. The summed E-state index contributed by atoms with van der Waals surface area (Å²) in [7, 11) is -2.05. The number of hydrogen-bond acceptors (Lipinski definition) is 12. The molecule has 16 nitrogen and oxygen atoms in total. The molecule has 3 aliphatic heterocycles. The third-order valence-corrected chi connectivity index (χ3v) is 15.7. The third-order valence-electron chi connectivity index (χ3n) is 13.5. The number of likely N-dealkylation sites (tertiary alicyclic amines) is 2. The first-order chi connectivity index (χ1) is 31.5. The van der Waals surface area contributed by atoms with Gasteiger partial charge in [-0.15, -0.1) is 0 Å². The van der Waals surface area contributed by atoms with Crippen molar-refractivity contribution in [1.82, 2.24) is 30.1 Å². The fourth-order valence-electron chi connectivity index (χ4n) is 9.18. The fourth-order valence-corrected chi connectivity index (χ4v) is 10.5. The number of aryl methyl sites for hydroxylation is 1. The molecule has 2 saturated heterocycles. The van der Waals surface area contributed by atoms with Gasteiger partial charge in [0, 0.05) is 36.4 Å². The van der Waals surface area contributed by atoms with Crippen LogP contribution in [0.5, 0.6) is 11.5 Å². The lowest BCUT2D eigenvalue weighted by Gasteiger charge is -2.37. The summed E-state index contributed by atoms with van der Waals surface area (Å²) in [6.45, 7) is 9.95. The molecule has 2 aliphatic carbocycles. The largest absolute Gasteiger partial charge is 0.491 e. The van der Waals surface area contributed by atoms with Crippen molar-refractivity contribution in [1.29, 1.82) is 0 Å². The molecule has 2 aromatic rings. The number of pyridine rings is 1. The van der Waals surface area contributed by atoms with Gasteiger partial charge in [0.15, 0.2) is 11.4 Å². The number of alkyl carbamates (subject to hydrolysis) is 1. The summed E-state index contributed by atoms with van der Waals surface area (Å²) in [6, 6.07) is 3.23. The van der Waals surface area contributed by atoms with Crippen molar-refractivity contribution >= 4 is 44.7 Å². The number of fused-ring (bicyclic) bond motifs is 3. The van der Waals surface area contributed by atoms with Crippen LogP contribution in [-0.2, 0) is 46.5 Å². The first-order valence-corrected chi connectivity index (χ1v) is 24.9. The molecule has 67 heavy (non-hydrogen) atoms. The zero-order valence-corrected chi connectivity index (χ0v) is 40.1. The van der Waals surface area contributed by atoms with E-state index >= 15 is 0 Å². The second-order valence-corrected chi connectivity index (χ2v) is 22.3. The van der Waals surface area contributed by atoms with E-state index in [0.717, 1.165) is 50.1 Å². The Morgan fingerprint density at radius 2 is 1.76 bits per heavy atom. The Morgan fingerprint density at radius 1 is 1.03 bits per heavy atom. The van der Waals surface area contributed by atoms with E-state index in [2.05, 4.69) is 39.2 Å². The second-order valence-electron chi connectivity index (χ2n) is 20.1. The average molecular weight is 963 g/mol. The van der Waals surface area contributed by atoms with Crippen LogP contribution in [0.15, 0.2) is 30.4 Å². The molecule has 20 heteroatoms. The maximum absolute atomic E-state index is 14.9. The molecule has 1 aromatic carbocycles. The van der Waals surface area contributed by atoms with Gasteiger partial charge in [0.05, 0.1) is 29.5 Å². The van der Waals surface area contributed by atoms with E-state index in [4.69, 9.17) is 18.9 Å². The van der Waals surface area contributed by atoms with Gasteiger partial charge in [-0.3, -0.25) is 19.1 Å². The Bertz CT molecular complexity index is 2350. The summed E-state index contributed by atoms with van der Waals surface area (Å²) in [5.74, 6) is -3.23. The quantitative estimate of drug-likeness (QED) is 0.125. The highest BCUT2D eigenvalue weighted by Crippen LogP contribution is 2.50. The van der Waals surface area contributed by atoms with Gasteiger partial charge in [-0.05, 0) is 111 Å². The first-order valence-electron chi connectivity index (χ1n) is 23.4. The Hall–Kier alpha value is -4.69. The van der Waals surface area contributed by atoms with Crippen molar-refractivity contribution in [3.63, 3.8) is 0 Å². The molecular formula is C47H65F3N6O10S. The number of nitrogens with zero attached hydrogens (tertiary/aromatic N) is 3. The number of hydrogen-bond donors (Lipinski definition) is 3. The van der Waals surface area contributed by atoms with Gasteiger partial charge >= 0.3 is 12.3 Å². The van der Waals surface area contributed by atoms with Crippen molar-refractivity contribution in [3.8, 4) is 11.5 Å². The highest BCUT2D eigenvalue weighted by molar-refractivity contribution is 7.91. The molecule has 370 valence electrons. The van der Waals surface area contributed by atoms with Gasteiger partial charge in [0.25, 0.3) is 5.91 Å². The topological polar surface area (TPSA) is 195 Å². The van der Waals surface area contributed by atoms with Gasteiger partial charge in [0.2, 0.25) is 21.8 Å². The zero-order chi connectivity index (χ0) is 48.6. The number of halogens is 3. The van der Waals surface area contributed by atoms with Crippen LogP contribution in [0, 0.1) is 5.92 Å². The van der Waals surface area contributed by atoms with Crippen LogP contribution in [0.3, 0.4) is 0 Å². The molecule has 5 aliphatic rings. The Balaban J connectivity index is 1.16. The number of rotatable bonds is 17. The lowest BCUT2D eigenvalue weighted by atomic mass is 9.87. The number of aromatic nitrogens is 1. The smallest absolute Gasteiger partial charge is 0.437 e. The Labute approximate surface area is 390 Å². The molecule has 4 fully saturated rings. The number of carbonyl (C=O) groups excluding carboxylic acids is 4. The number of sulfonamides is 1. The SMILES string of the molecule is CCCCC/C=C\[C@@H]1C[C@]1(NC(=O)[C@@H]1C[C@]2(CCc3c(c(C(F)(F)F)nc4ccc(OCCOC5CCN(C)CC5)cc34)O2)CN1C(=O)CNC(=O)OC(C)(C)C)C(=O)NS(=O)(=O)C1(C)CC1. The number of unbranched alkanes of at least 4 members (excludes halogenated alkanes) is 3. The molecule has 4 heterocycles. The van der Waals surface area contributed by atoms with Crippen LogP contribution >= 0.6 is 0 Å². The third kappa shape index (κ3) is 11.6. The molecule has 3 N–H and O–H groups in total. The number of amides is 4. The average Bonchev–Trinajstić information content (AvgIpc) is 4.15. The molecule has 4 atom stereocenters. The monoisotopic (exact) mass is 962 g/mol. The summed E-state index contributed by atoms with van der Waals surface area (Å²) in [5.41, 5.74) is -5.09. The molecule has 1 spiro atoms. The van der Waals surface area contributed by atoms with E-state index in [1.807, 2.05) is 6.08 Å². The standard InChI is InChI=1S/C47H65F3N6O10S/c1-7-8-9-10-11-12-30-26-46(30,41(59)54-67(61,62)44(5)19-20-44)53-40(58)36-27-45(29-56(36)37(57)28-51-42(60)66-43(2,3)4)18-15-33-34-25-32(64-24-23-63-31-16-21-55(6)22-17-31)13-14-35(34)52-39(38(33)65-45)47(48,49)50/h11-14,25,30-31,36H,7-10,15-24,26-29H2,1-6H3,(H,51,60)(H,53,58)(H,54,59)/b12-11-/t30-,36+,45-,46-/m1/s1. The van der Waals surface area contributed by atoms with E-state index < -0.39 is 91.5 Å². The molecule has 0 radical (unpaired) electrons. The van der Waals surface area contributed by atoms with Crippen LogP contribution in [0.25, 0.3) is 10.9 Å². The molecule has 0 unspecified atom stereocenters. The minimum absolute atomic E-state index is 0.0422. The van der Waals surface area contributed by atoms with Crippen molar-refractivity contribution < 1.29 is 59.7 Å². The summed E-state index contributed by atoms with van der Waals surface area (Å²) in [4.78, 5) is 62.8. The number of allylic oxidation sites excluding steroid dienone is 1. The Kier molecular flexibility index (Phi) is 14.5. The van der Waals surface area contributed by atoms with E-state index in [9.17, 15) is 40.8 Å². The number of benzene rings is 1. The van der Waals surface area contributed by atoms with Gasteiger partial charge in [-0.1, -0.05) is 31.9 Å². The minimum Gasteiger partial charge on any atom is -0.491 e. The van der Waals surface area contributed by atoms with Crippen molar-refractivity contribution in [2.45, 2.75) is 151 Å². The lowest BCUT2D eigenvalue weighted by Crippen LogP contribution is -2.57. The van der Waals surface area contributed by atoms with Crippen LogP contribution in [0.2, 0.25) is 0 Å². The number of carbonyl (C=O) groups is 4. The number of ether oxygens (including phenoxy) is 4. The van der Waals surface area contributed by atoms with Gasteiger partial charge in [0.1, 0.15) is 41.7 Å². The fraction of sp³-hybridized carbons (Fsp3) is 0.681. The minimum atomic E-state index is -4.96. The van der Waals surface area contributed by atoms with E-state index in [1.54, 1.807) is 39.0 Å². The number of alkyl halides is 3. The van der Waals surface area contributed by atoms with E-state index in [1.165, 1.54) is 13.0 Å². The first kappa shape index (κ1) is 50.2. The summed E-state index contributed by atoms with van der Waals surface area (Å²) in [5, 5.41) is 5.57. The highest BCUT2D eigenvalue weighted by Gasteiger charge is 2.64. The van der Waals surface area contributed by atoms with E-state index in [-0.39, 0.29) is 56.0 Å². The van der Waals surface area contributed by atoms with Crippen molar-refractivity contribution in [2.75, 3.05) is 46.4 Å². The molecule has 2 saturated carbocycles. The summed E-state index contributed by atoms with van der Waals surface area (Å²) in [6.07, 6.45) is 3.95. The van der Waals surface area contributed by atoms with Crippen molar-refractivity contribution in [2.24, 2.45) is 5.92 Å². The predicted molar refractivity (Wildman–Crippen MR) is 242 cm³/mol. The zero-order valence-electron chi connectivity index (χ0n) is 39.3. The second kappa shape index (κ2) is 19.4. The Morgan fingerprint density at radius 3 is 2.43 bits per heavy atom. The van der Waals surface area contributed by atoms with Gasteiger partial charge in [-0.25, -0.2) is 18.2 Å². The van der Waals surface area contributed by atoms with Crippen molar-refractivity contribution in [3.05, 3.63) is 41.6 Å². The number of piperidine rings is 1. The highest BCUT2D eigenvalue weighted by atomic mass is 32.2. The molecule has 0 bridgehead atoms. The number of nitrogens with one attached hydrogen (secondary N) is 3. The predicted octanol–water partition coefficient (Wildman–Crippen LogP) is 5.94. The molecule has 7 rings (SSSR count). The maximum Gasteiger partial charge on any atom is 0.437 e. The normalized spacial score (nSPS) is 25.1. The van der Waals surface area contributed by atoms with Gasteiger partial charge in [-0.2, -0.15) is 13.2 Å². The van der Waals surface area contributed by atoms with Crippen LogP contribution < -0.4 is 24.8 Å². The van der Waals surface area contributed by atoms with Crippen LogP contribution in [0.4, 0.5) is 18.0 Å². The summed E-state index contributed by atoms with van der Waals surface area (Å²) >= 11 is 0. The van der Waals surface area contributed by atoms with Gasteiger partial charge < -0.3 is 39.4 Å². The van der Waals surface area contributed by atoms with Crippen LogP contribution in [-0.4, -0.2) is 127 Å². The molecule has 1 aromatic heterocycles. The molecular weight excluding hydrogens is 898 g/mol. The van der Waals surface area contributed by atoms with Crippen LogP contribution in [0.1, 0.15) is 117 Å². The molecule has 4 amide bonds. The van der Waals surface area contributed by atoms with E-state index in [0.29, 0.717) is 37.0 Å². The lowest BCUT2D eigenvalue weighted by molar-refractivity contribution is -0.144.